The van der Waals surface area contributed by atoms with E-state index in [9.17, 15) is 10.1 Å². The predicted octanol–water partition coefficient (Wildman–Crippen LogP) is 1.73. The van der Waals surface area contributed by atoms with Gasteiger partial charge >= 0.3 is 0 Å². The minimum Gasteiger partial charge on any atom is -0.372 e. The summed E-state index contributed by atoms with van der Waals surface area (Å²) in [6.45, 7) is 2.05. The van der Waals surface area contributed by atoms with Crippen LogP contribution >= 0.6 is 11.8 Å². The highest BCUT2D eigenvalue weighted by Gasteiger charge is 2.16. The summed E-state index contributed by atoms with van der Waals surface area (Å²) in [6.07, 6.45) is 3.62. The number of H-pyrrole nitrogens is 1. The van der Waals surface area contributed by atoms with Crippen molar-refractivity contribution in [1.29, 1.82) is 5.26 Å². The molecular formula is C19H23N7OS. The fraction of sp³-hybridized carbons (Fsp3) is 0.316. The zero-order valence-corrected chi connectivity index (χ0v) is 16.3. The summed E-state index contributed by atoms with van der Waals surface area (Å²) in [5.74, 6) is 11.2. The smallest absolute Gasteiger partial charge is 0.249 e. The van der Waals surface area contributed by atoms with Crippen molar-refractivity contribution in [3.63, 3.8) is 0 Å². The second-order valence-electron chi connectivity index (χ2n) is 6.47. The van der Waals surface area contributed by atoms with Crippen LogP contribution < -0.4 is 27.6 Å². The number of aromatic nitrogens is 1. The van der Waals surface area contributed by atoms with Gasteiger partial charge in [0, 0.05) is 30.4 Å². The lowest BCUT2D eigenvalue weighted by Gasteiger charge is -2.29. The first-order valence-electron chi connectivity index (χ1n) is 9.05. The molecular weight excluding hydrogens is 374 g/mol. The summed E-state index contributed by atoms with van der Waals surface area (Å²) in [4.78, 5) is 17.3. The molecule has 1 aliphatic heterocycles. The van der Waals surface area contributed by atoms with Crippen molar-refractivity contribution >= 4 is 23.3 Å². The maximum absolute atomic E-state index is 12.2. The third-order valence-electron chi connectivity index (χ3n) is 4.67. The van der Waals surface area contributed by atoms with Gasteiger partial charge in [0.15, 0.2) is 0 Å². The van der Waals surface area contributed by atoms with Crippen molar-refractivity contribution in [2.45, 2.75) is 24.3 Å². The largest absolute Gasteiger partial charge is 0.372 e. The third-order valence-corrected chi connectivity index (χ3v) is 5.69. The third kappa shape index (κ3) is 4.47. The molecule has 3 rings (SSSR count). The summed E-state index contributed by atoms with van der Waals surface area (Å²) >= 11 is 1.24. The number of nitrogens with zero attached hydrogens (tertiary/aromatic N) is 3. The number of hydrazone groups is 1. The molecule has 0 amide bonds. The Hall–Kier alpha value is -2.96. The van der Waals surface area contributed by atoms with Crippen molar-refractivity contribution in [3.05, 3.63) is 46.2 Å². The lowest BCUT2D eigenvalue weighted by atomic mass is 10.0. The van der Waals surface area contributed by atoms with Gasteiger partial charge in [-0.05, 0) is 37.0 Å². The van der Waals surface area contributed by atoms with E-state index in [4.69, 9.17) is 11.7 Å². The Morgan fingerprint density at radius 2 is 2.11 bits per heavy atom. The normalized spacial score (nSPS) is 14.6. The number of benzene rings is 1. The Kier molecular flexibility index (Phi) is 6.57. The lowest BCUT2D eigenvalue weighted by Crippen LogP contribution is -2.33. The Morgan fingerprint density at radius 1 is 1.32 bits per heavy atom. The van der Waals surface area contributed by atoms with Gasteiger partial charge in [-0.1, -0.05) is 23.9 Å². The average molecular weight is 398 g/mol. The number of pyridine rings is 1. The maximum atomic E-state index is 12.2. The van der Waals surface area contributed by atoms with Gasteiger partial charge in [-0.25, -0.2) is 5.84 Å². The highest BCUT2D eigenvalue weighted by molar-refractivity contribution is 8.00. The molecule has 6 N–H and O–H groups in total. The van der Waals surface area contributed by atoms with E-state index in [1.165, 1.54) is 37.1 Å². The first kappa shape index (κ1) is 19.8. The van der Waals surface area contributed by atoms with Gasteiger partial charge in [0.05, 0.1) is 16.3 Å². The highest BCUT2D eigenvalue weighted by Crippen LogP contribution is 2.31. The Labute approximate surface area is 167 Å². The number of amidine groups is 1. The van der Waals surface area contributed by atoms with E-state index in [0.717, 1.165) is 24.3 Å². The van der Waals surface area contributed by atoms with Crippen LogP contribution in [0.1, 0.15) is 24.8 Å². The number of piperidine rings is 1. The maximum Gasteiger partial charge on any atom is 0.249 e. The van der Waals surface area contributed by atoms with Crippen molar-refractivity contribution in [2.75, 3.05) is 23.7 Å². The molecule has 2 heterocycles. The standard InChI is InChI=1S/C19H23N7OS/c20-11-16-15(10-18(27)23-19(16)28-12-17(24-21)25-22)13-5-4-6-14(9-13)26-7-2-1-3-8-26/h4-6,9-10H,1-3,7-8,12,21-22H2,(H,23,27)(H,24,25). The van der Waals surface area contributed by atoms with E-state index >= 15 is 0 Å². The first-order chi connectivity index (χ1) is 13.7. The number of hydrogen-bond donors (Lipinski definition) is 4. The summed E-state index contributed by atoms with van der Waals surface area (Å²) in [5, 5.41) is 13.7. The zero-order chi connectivity index (χ0) is 19.9. The van der Waals surface area contributed by atoms with Crippen molar-refractivity contribution in [2.24, 2.45) is 16.8 Å². The van der Waals surface area contributed by atoms with Gasteiger partial charge in [-0.15, -0.1) is 0 Å². The molecule has 28 heavy (non-hydrogen) atoms. The van der Waals surface area contributed by atoms with Crippen molar-refractivity contribution in [3.8, 4) is 17.2 Å². The zero-order valence-electron chi connectivity index (χ0n) is 15.4. The van der Waals surface area contributed by atoms with Crippen LogP contribution in [0.25, 0.3) is 11.1 Å². The number of aromatic amines is 1. The molecule has 1 fully saturated rings. The molecule has 0 saturated carbocycles. The monoisotopic (exact) mass is 397 g/mol. The molecule has 0 radical (unpaired) electrons. The van der Waals surface area contributed by atoms with E-state index in [1.54, 1.807) is 0 Å². The van der Waals surface area contributed by atoms with Gasteiger partial charge < -0.3 is 21.2 Å². The highest BCUT2D eigenvalue weighted by atomic mass is 32.2. The topological polar surface area (TPSA) is 136 Å². The second kappa shape index (κ2) is 9.30. The van der Waals surface area contributed by atoms with Crippen LogP contribution in [0.2, 0.25) is 0 Å². The average Bonchev–Trinajstić information content (AvgIpc) is 2.75. The fourth-order valence-electron chi connectivity index (χ4n) is 3.26. The number of thioether (sulfide) groups is 1. The van der Waals surface area contributed by atoms with E-state index in [0.29, 0.717) is 27.7 Å². The van der Waals surface area contributed by atoms with Gasteiger partial charge in [-0.2, -0.15) is 10.4 Å². The van der Waals surface area contributed by atoms with E-state index < -0.39 is 0 Å². The predicted molar refractivity (Wildman–Crippen MR) is 113 cm³/mol. The van der Waals surface area contributed by atoms with Crippen LogP contribution in [0.15, 0.2) is 45.3 Å². The van der Waals surface area contributed by atoms with Crippen molar-refractivity contribution in [1.82, 2.24) is 10.4 Å². The number of hydrogen-bond acceptors (Lipinski definition) is 7. The van der Waals surface area contributed by atoms with Gasteiger partial charge in [-0.3, -0.25) is 4.79 Å². The fourth-order valence-corrected chi connectivity index (χ4v) is 4.17. The van der Waals surface area contributed by atoms with E-state index in [2.05, 4.69) is 32.5 Å². The number of hydrazine groups is 1. The minimum atomic E-state index is -0.271. The second-order valence-corrected chi connectivity index (χ2v) is 7.46. The number of nitriles is 1. The van der Waals surface area contributed by atoms with Gasteiger partial charge in [0.2, 0.25) is 5.56 Å². The Balaban J connectivity index is 1.97. The van der Waals surface area contributed by atoms with Crippen molar-refractivity contribution < 1.29 is 0 Å². The van der Waals surface area contributed by atoms with Crippen LogP contribution in [-0.2, 0) is 0 Å². The summed E-state index contributed by atoms with van der Waals surface area (Å²) in [7, 11) is 0. The molecule has 1 aromatic heterocycles. The van der Waals surface area contributed by atoms with Crippen LogP contribution in [0.5, 0.6) is 0 Å². The Bertz CT molecular complexity index is 957. The molecule has 1 aliphatic rings. The first-order valence-corrected chi connectivity index (χ1v) is 10.0. The molecule has 146 valence electrons. The number of nitrogens with two attached hydrogens (primary N) is 2. The molecule has 8 nitrogen and oxygen atoms in total. The van der Waals surface area contributed by atoms with Gasteiger partial charge in [0.25, 0.3) is 0 Å². The number of anilines is 1. The summed E-state index contributed by atoms with van der Waals surface area (Å²) < 4.78 is 0. The SMILES string of the molecule is N#Cc1c(-c2cccc(N3CCCCC3)c2)cc(=O)[nH]c1SC/C(=N/N)NN. The molecule has 0 atom stereocenters. The molecule has 0 bridgehead atoms. The minimum absolute atomic E-state index is 0.271. The quantitative estimate of drug-likeness (QED) is 0.198. The van der Waals surface area contributed by atoms with Gasteiger partial charge in [0.1, 0.15) is 11.9 Å². The molecule has 1 saturated heterocycles. The van der Waals surface area contributed by atoms with Crippen LogP contribution in [0, 0.1) is 11.3 Å². The number of rotatable bonds is 5. The summed E-state index contributed by atoms with van der Waals surface area (Å²) in [5.41, 5.74) is 5.09. The lowest BCUT2D eigenvalue weighted by molar-refractivity contribution is 0.578. The molecule has 0 unspecified atom stereocenters. The molecule has 0 spiro atoms. The molecule has 0 aliphatic carbocycles. The van der Waals surface area contributed by atoms with Crippen LogP contribution in [-0.4, -0.2) is 29.7 Å². The van der Waals surface area contributed by atoms with Crippen LogP contribution in [0.4, 0.5) is 5.69 Å². The summed E-state index contributed by atoms with van der Waals surface area (Å²) in [6, 6.07) is 11.7. The van der Waals surface area contributed by atoms with E-state index in [-0.39, 0.29) is 5.56 Å². The van der Waals surface area contributed by atoms with E-state index in [1.807, 2.05) is 18.2 Å². The Morgan fingerprint density at radius 3 is 2.79 bits per heavy atom. The van der Waals surface area contributed by atoms with Crippen LogP contribution in [0.3, 0.4) is 0 Å². The molecule has 1 aromatic carbocycles. The molecule has 9 heteroatoms. The molecule has 2 aromatic rings. The number of nitrogens with one attached hydrogen (secondary N) is 2.